The molecule has 5 heteroatoms. The molecule has 1 atom stereocenters. The van der Waals surface area contributed by atoms with Crippen LogP contribution in [0.4, 0.5) is 4.39 Å². The summed E-state index contributed by atoms with van der Waals surface area (Å²) in [4.78, 5) is 14.5. The second-order valence-corrected chi connectivity index (χ2v) is 5.88. The minimum absolute atomic E-state index is 0.0328. The van der Waals surface area contributed by atoms with Crippen molar-refractivity contribution in [2.75, 3.05) is 19.8 Å². The van der Waals surface area contributed by atoms with Gasteiger partial charge >= 0.3 is 0 Å². The zero-order chi connectivity index (χ0) is 15.4. The number of rotatable bonds is 3. The smallest absolute Gasteiger partial charge is 0.228 e. The number of hydrogen-bond donors (Lipinski definition) is 0. The molecule has 1 aromatic rings. The maximum Gasteiger partial charge on any atom is 0.228 e. The van der Waals surface area contributed by atoms with Gasteiger partial charge in [0.15, 0.2) is 6.29 Å². The number of carbonyl (C=O) groups excluding carboxylic acids is 1. The zero-order valence-corrected chi connectivity index (χ0v) is 12.7. The molecule has 2 saturated heterocycles. The highest BCUT2D eigenvalue weighted by atomic mass is 19.1. The third kappa shape index (κ3) is 3.65. The minimum atomic E-state index is -0.419. The van der Waals surface area contributed by atoms with Crippen LogP contribution >= 0.6 is 0 Å². The van der Waals surface area contributed by atoms with E-state index in [9.17, 15) is 9.18 Å². The number of piperidine rings is 1. The Labute approximate surface area is 130 Å². The van der Waals surface area contributed by atoms with E-state index in [1.54, 1.807) is 12.1 Å². The Kier molecular flexibility index (Phi) is 5.05. The standard InChI is InChI=1S/C17H22FNO3/c18-14-7-5-13(6-8-14)15-4-1-2-9-19(15)16(20)12-17-21-10-3-11-22-17/h5-8,15,17H,1-4,9-12H2. The molecule has 120 valence electrons. The Balaban J connectivity index is 1.68. The molecule has 0 aromatic heterocycles. The third-order valence-electron chi connectivity index (χ3n) is 4.32. The lowest BCUT2D eigenvalue weighted by Crippen LogP contribution is -2.41. The topological polar surface area (TPSA) is 38.8 Å². The average Bonchev–Trinajstić information content (AvgIpc) is 2.56. The first-order valence-electron chi connectivity index (χ1n) is 8.02. The maximum atomic E-state index is 13.1. The maximum absolute atomic E-state index is 13.1. The first-order valence-corrected chi connectivity index (χ1v) is 8.02. The zero-order valence-electron chi connectivity index (χ0n) is 12.7. The SMILES string of the molecule is O=C(CC1OCCCO1)N1CCCCC1c1ccc(F)cc1. The predicted molar refractivity (Wildman–Crippen MR) is 79.6 cm³/mol. The van der Waals surface area contributed by atoms with Gasteiger partial charge in [-0.3, -0.25) is 4.79 Å². The van der Waals surface area contributed by atoms with E-state index >= 15 is 0 Å². The number of nitrogens with zero attached hydrogens (tertiary/aromatic N) is 1. The molecule has 4 nitrogen and oxygen atoms in total. The van der Waals surface area contributed by atoms with Crippen molar-refractivity contribution in [3.8, 4) is 0 Å². The highest BCUT2D eigenvalue weighted by Gasteiger charge is 2.30. The number of hydrogen-bond acceptors (Lipinski definition) is 3. The van der Waals surface area contributed by atoms with Crippen LogP contribution in [0.15, 0.2) is 24.3 Å². The molecule has 2 fully saturated rings. The second-order valence-electron chi connectivity index (χ2n) is 5.88. The molecule has 0 radical (unpaired) electrons. The Morgan fingerprint density at radius 3 is 2.59 bits per heavy atom. The van der Waals surface area contributed by atoms with Crippen LogP contribution in [0, 0.1) is 5.82 Å². The van der Waals surface area contributed by atoms with Gasteiger partial charge in [-0.15, -0.1) is 0 Å². The predicted octanol–water partition coefficient (Wildman–Crippen LogP) is 3.03. The molecule has 0 spiro atoms. The lowest BCUT2D eigenvalue weighted by molar-refractivity contribution is -0.188. The summed E-state index contributed by atoms with van der Waals surface area (Å²) in [7, 11) is 0. The molecule has 22 heavy (non-hydrogen) atoms. The summed E-state index contributed by atoms with van der Waals surface area (Å²) < 4.78 is 24.1. The molecular weight excluding hydrogens is 285 g/mol. The van der Waals surface area contributed by atoms with Gasteiger partial charge in [-0.1, -0.05) is 12.1 Å². The van der Waals surface area contributed by atoms with E-state index in [1.165, 1.54) is 12.1 Å². The molecule has 0 bridgehead atoms. The van der Waals surface area contributed by atoms with Gasteiger partial charge in [-0.05, 0) is 43.4 Å². The second kappa shape index (κ2) is 7.20. The van der Waals surface area contributed by atoms with Gasteiger partial charge in [0.05, 0.1) is 25.7 Å². The molecule has 2 aliphatic rings. The van der Waals surface area contributed by atoms with E-state index < -0.39 is 6.29 Å². The Morgan fingerprint density at radius 2 is 1.86 bits per heavy atom. The first kappa shape index (κ1) is 15.4. The van der Waals surface area contributed by atoms with E-state index in [0.29, 0.717) is 13.2 Å². The van der Waals surface area contributed by atoms with Crippen LogP contribution in [0.25, 0.3) is 0 Å². The van der Waals surface area contributed by atoms with Crippen LogP contribution in [0.5, 0.6) is 0 Å². The number of likely N-dealkylation sites (tertiary alicyclic amines) is 1. The number of ether oxygens (including phenoxy) is 2. The fourth-order valence-electron chi connectivity index (χ4n) is 3.18. The van der Waals surface area contributed by atoms with E-state index in [4.69, 9.17) is 9.47 Å². The average molecular weight is 307 g/mol. The molecule has 1 aromatic carbocycles. The van der Waals surface area contributed by atoms with E-state index in [2.05, 4.69) is 0 Å². The van der Waals surface area contributed by atoms with Crippen molar-refractivity contribution >= 4 is 5.91 Å². The van der Waals surface area contributed by atoms with Crippen molar-refractivity contribution in [2.45, 2.75) is 44.4 Å². The Bertz CT molecular complexity index is 499. The van der Waals surface area contributed by atoms with Crippen molar-refractivity contribution in [3.05, 3.63) is 35.6 Å². The number of benzene rings is 1. The van der Waals surface area contributed by atoms with E-state index in [1.807, 2.05) is 4.90 Å². The molecule has 1 unspecified atom stereocenters. The lowest BCUT2D eigenvalue weighted by atomic mass is 9.95. The van der Waals surface area contributed by atoms with Crippen molar-refractivity contribution in [1.29, 1.82) is 0 Å². The van der Waals surface area contributed by atoms with Gasteiger partial charge in [0, 0.05) is 6.54 Å². The van der Waals surface area contributed by atoms with Gasteiger partial charge in [-0.25, -0.2) is 4.39 Å². The molecule has 3 rings (SSSR count). The summed E-state index contributed by atoms with van der Waals surface area (Å²) in [5, 5.41) is 0. The monoisotopic (exact) mass is 307 g/mol. The summed E-state index contributed by atoms with van der Waals surface area (Å²) >= 11 is 0. The van der Waals surface area contributed by atoms with E-state index in [0.717, 1.165) is 37.8 Å². The van der Waals surface area contributed by atoms with Gasteiger partial charge in [0.2, 0.25) is 5.91 Å². The van der Waals surface area contributed by atoms with Crippen molar-refractivity contribution in [3.63, 3.8) is 0 Å². The number of halogens is 1. The van der Waals surface area contributed by atoms with Gasteiger partial charge < -0.3 is 14.4 Å². The van der Waals surface area contributed by atoms with Crippen LogP contribution in [0.3, 0.4) is 0 Å². The molecule has 0 saturated carbocycles. The largest absolute Gasteiger partial charge is 0.352 e. The molecule has 2 heterocycles. The summed E-state index contributed by atoms with van der Waals surface area (Å²) in [6, 6.07) is 6.50. The molecule has 0 aliphatic carbocycles. The normalized spacial score (nSPS) is 23.5. The molecule has 2 aliphatic heterocycles. The molecule has 0 N–H and O–H groups in total. The summed E-state index contributed by atoms with van der Waals surface area (Å²) in [6.07, 6.45) is 3.74. The summed E-state index contributed by atoms with van der Waals surface area (Å²) in [5.74, 6) is -0.192. The van der Waals surface area contributed by atoms with E-state index in [-0.39, 0.29) is 24.2 Å². The highest BCUT2D eigenvalue weighted by Crippen LogP contribution is 2.32. The van der Waals surface area contributed by atoms with Crippen LogP contribution < -0.4 is 0 Å². The number of amides is 1. The highest BCUT2D eigenvalue weighted by molar-refractivity contribution is 5.77. The molecule has 1 amide bonds. The summed E-state index contributed by atoms with van der Waals surface area (Å²) in [6.45, 7) is 2.05. The van der Waals surface area contributed by atoms with Gasteiger partial charge in [-0.2, -0.15) is 0 Å². The molecular formula is C17H22FNO3. The van der Waals surface area contributed by atoms with Crippen molar-refractivity contribution in [1.82, 2.24) is 4.90 Å². The quantitative estimate of drug-likeness (QED) is 0.861. The van der Waals surface area contributed by atoms with Crippen LogP contribution in [-0.4, -0.2) is 36.9 Å². The van der Waals surface area contributed by atoms with Crippen LogP contribution in [0.2, 0.25) is 0 Å². The van der Waals surface area contributed by atoms with Crippen molar-refractivity contribution in [2.24, 2.45) is 0 Å². The van der Waals surface area contributed by atoms with Gasteiger partial charge in [0.1, 0.15) is 5.82 Å². The first-order chi connectivity index (χ1) is 10.7. The Morgan fingerprint density at radius 1 is 1.14 bits per heavy atom. The van der Waals surface area contributed by atoms with Crippen molar-refractivity contribution < 1.29 is 18.7 Å². The number of carbonyl (C=O) groups is 1. The third-order valence-corrected chi connectivity index (χ3v) is 4.32. The van der Waals surface area contributed by atoms with Crippen LogP contribution in [0.1, 0.15) is 43.7 Å². The van der Waals surface area contributed by atoms with Gasteiger partial charge in [0.25, 0.3) is 0 Å². The van der Waals surface area contributed by atoms with Crippen LogP contribution in [-0.2, 0) is 14.3 Å². The Hall–Kier alpha value is -1.46. The minimum Gasteiger partial charge on any atom is -0.352 e. The summed E-state index contributed by atoms with van der Waals surface area (Å²) in [5.41, 5.74) is 1.000. The fraction of sp³-hybridized carbons (Fsp3) is 0.588. The fourth-order valence-corrected chi connectivity index (χ4v) is 3.18. The lowest BCUT2D eigenvalue weighted by Gasteiger charge is -2.37.